The molecule has 21 heavy (non-hydrogen) atoms. The quantitative estimate of drug-likeness (QED) is 0.686. The summed E-state index contributed by atoms with van der Waals surface area (Å²) in [7, 11) is 0. The van der Waals surface area contributed by atoms with Crippen LogP contribution in [0.25, 0.3) is 0 Å². The number of carbonyl (C=O) groups is 1. The Hall–Kier alpha value is -2.76. The number of esters is 1. The van der Waals surface area contributed by atoms with Gasteiger partial charge in [-0.1, -0.05) is 18.2 Å². The Balaban J connectivity index is 2.36. The van der Waals surface area contributed by atoms with Gasteiger partial charge >= 0.3 is 5.97 Å². The molecule has 6 nitrogen and oxygen atoms in total. The van der Waals surface area contributed by atoms with E-state index in [-0.39, 0.29) is 17.7 Å². The fourth-order valence-electron chi connectivity index (χ4n) is 1.63. The summed E-state index contributed by atoms with van der Waals surface area (Å²) < 4.78 is 10.1. The van der Waals surface area contributed by atoms with Crippen molar-refractivity contribution in [2.75, 3.05) is 6.61 Å². The van der Waals surface area contributed by atoms with Crippen molar-refractivity contribution < 1.29 is 13.9 Å². The first-order valence-corrected chi connectivity index (χ1v) is 6.45. The third kappa shape index (κ3) is 3.62. The fraction of sp³-hybridized carbons (Fsp3) is 0.200. The summed E-state index contributed by atoms with van der Waals surface area (Å²) in [5.41, 5.74) is 0.858. The Morgan fingerprint density at radius 1 is 1.29 bits per heavy atom. The van der Waals surface area contributed by atoms with Crippen molar-refractivity contribution in [3.05, 3.63) is 53.3 Å². The number of azo groups is 1. The molecule has 0 fully saturated rings. The van der Waals surface area contributed by atoms with Crippen LogP contribution in [-0.2, 0) is 4.74 Å². The standard InChI is InChI=1S/C15H15N3O3/c1-3-20-15(19)12-9-13(10(2)21-14(12)16)18-17-11-7-5-4-6-8-11/h4-9,16H,3H2,1-2H3. The summed E-state index contributed by atoms with van der Waals surface area (Å²) in [6.07, 6.45) is 0. The van der Waals surface area contributed by atoms with Gasteiger partial charge in [0.25, 0.3) is 0 Å². The molecule has 0 saturated heterocycles. The van der Waals surface area contributed by atoms with Gasteiger partial charge in [0.15, 0.2) is 0 Å². The second-order valence-electron chi connectivity index (χ2n) is 4.19. The van der Waals surface area contributed by atoms with Crippen LogP contribution in [0.4, 0.5) is 11.4 Å². The van der Waals surface area contributed by atoms with Gasteiger partial charge in [-0.3, -0.25) is 5.41 Å². The lowest BCUT2D eigenvalue weighted by Crippen LogP contribution is -2.16. The Bertz CT molecular complexity index is 721. The van der Waals surface area contributed by atoms with Gasteiger partial charge in [-0.25, -0.2) is 4.79 Å². The van der Waals surface area contributed by atoms with Gasteiger partial charge in [-0.05, 0) is 32.0 Å². The lowest BCUT2D eigenvalue weighted by molar-refractivity contribution is 0.0520. The van der Waals surface area contributed by atoms with E-state index in [1.807, 2.05) is 18.2 Å². The number of aryl methyl sites for hydroxylation is 1. The Kier molecular flexibility index (Phi) is 4.61. The number of benzene rings is 1. The molecule has 0 unspecified atom stereocenters. The molecule has 0 atom stereocenters. The first kappa shape index (κ1) is 14.6. The summed E-state index contributed by atoms with van der Waals surface area (Å²) in [5.74, 6) is -0.199. The van der Waals surface area contributed by atoms with E-state index < -0.39 is 5.97 Å². The number of hydrogen-bond donors (Lipinski definition) is 1. The van der Waals surface area contributed by atoms with E-state index in [2.05, 4.69) is 10.2 Å². The van der Waals surface area contributed by atoms with Crippen LogP contribution in [0.5, 0.6) is 0 Å². The predicted molar refractivity (Wildman–Crippen MR) is 75.9 cm³/mol. The summed E-state index contributed by atoms with van der Waals surface area (Å²) in [6.45, 7) is 3.59. The van der Waals surface area contributed by atoms with Crippen LogP contribution >= 0.6 is 0 Å². The molecule has 1 N–H and O–H groups in total. The third-order valence-electron chi connectivity index (χ3n) is 2.67. The van der Waals surface area contributed by atoms with Crippen LogP contribution < -0.4 is 5.55 Å². The van der Waals surface area contributed by atoms with Gasteiger partial charge in [0.05, 0.1) is 12.3 Å². The van der Waals surface area contributed by atoms with Crippen molar-refractivity contribution in [3.8, 4) is 0 Å². The molecule has 0 spiro atoms. The van der Waals surface area contributed by atoms with Gasteiger partial charge < -0.3 is 9.15 Å². The van der Waals surface area contributed by atoms with Crippen LogP contribution in [0.1, 0.15) is 23.0 Å². The lowest BCUT2D eigenvalue weighted by atomic mass is 10.2. The number of nitrogens with one attached hydrogen (secondary N) is 1. The SMILES string of the molecule is CCOC(=O)c1cc(N=Nc2ccccc2)c(C)oc1=N. The summed E-state index contributed by atoms with van der Waals surface area (Å²) in [5, 5.41) is 15.8. The van der Waals surface area contributed by atoms with Gasteiger partial charge in [0, 0.05) is 0 Å². The van der Waals surface area contributed by atoms with E-state index >= 15 is 0 Å². The zero-order valence-electron chi connectivity index (χ0n) is 11.8. The number of hydrogen-bond acceptors (Lipinski definition) is 6. The fourth-order valence-corrected chi connectivity index (χ4v) is 1.63. The lowest BCUT2D eigenvalue weighted by Gasteiger charge is -2.04. The smallest absolute Gasteiger partial charge is 0.343 e. The molecule has 0 aliphatic rings. The van der Waals surface area contributed by atoms with E-state index in [0.717, 1.165) is 0 Å². The minimum atomic E-state index is -0.609. The van der Waals surface area contributed by atoms with Crippen LogP contribution in [0, 0.1) is 12.3 Å². The Labute approximate surface area is 121 Å². The average Bonchev–Trinajstić information content (AvgIpc) is 2.47. The van der Waals surface area contributed by atoms with Crippen molar-refractivity contribution >= 4 is 17.3 Å². The van der Waals surface area contributed by atoms with Crippen molar-refractivity contribution in [1.82, 2.24) is 0 Å². The molecule has 0 bridgehead atoms. The van der Waals surface area contributed by atoms with Crippen molar-refractivity contribution in [2.45, 2.75) is 13.8 Å². The molecule has 108 valence electrons. The summed E-state index contributed by atoms with van der Waals surface area (Å²) in [6, 6.07) is 10.6. The van der Waals surface area contributed by atoms with Crippen molar-refractivity contribution in [2.24, 2.45) is 10.2 Å². The van der Waals surface area contributed by atoms with Crippen LogP contribution in [-0.4, -0.2) is 12.6 Å². The minimum absolute atomic E-state index is 0.0319. The molecular weight excluding hydrogens is 270 g/mol. The largest absolute Gasteiger partial charge is 0.462 e. The molecule has 0 amide bonds. The molecule has 1 aromatic heterocycles. The van der Waals surface area contributed by atoms with Crippen molar-refractivity contribution in [1.29, 1.82) is 5.41 Å². The molecule has 0 saturated carbocycles. The summed E-state index contributed by atoms with van der Waals surface area (Å²) >= 11 is 0. The first-order valence-electron chi connectivity index (χ1n) is 6.45. The highest BCUT2D eigenvalue weighted by Gasteiger charge is 2.14. The van der Waals surface area contributed by atoms with Gasteiger partial charge in [0.2, 0.25) is 5.55 Å². The van der Waals surface area contributed by atoms with E-state index in [1.165, 1.54) is 6.07 Å². The molecule has 0 radical (unpaired) electrons. The number of carbonyl (C=O) groups excluding carboxylic acids is 1. The van der Waals surface area contributed by atoms with Gasteiger partial charge in [0.1, 0.15) is 17.0 Å². The monoisotopic (exact) mass is 285 g/mol. The van der Waals surface area contributed by atoms with E-state index in [4.69, 9.17) is 14.6 Å². The molecule has 1 heterocycles. The third-order valence-corrected chi connectivity index (χ3v) is 2.67. The Morgan fingerprint density at radius 3 is 2.67 bits per heavy atom. The number of ether oxygens (including phenoxy) is 1. The van der Waals surface area contributed by atoms with E-state index in [9.17, 15) is 4.79 Å². The number of nitrogens with zero attached hydrogens (tertiary/aromatic N) is 2. The normalized spacial score (nSPS) is 10.8. The molecule has 6 heteroatoms. The zero-order chi connectivity index (χ0) is 15.2. The maximum atomic E-state index is 11.7. The van der Waals surface area contributed by atoms with Crippen LogP contribution in [0.15, 0.2) is 51.0 Å². The molecule has 0 aliphatic heterocycles. The number of rotatable bonds is 4. The van der Waals surface area contributed by atoms with Crippen LogP contribution in [0.2, 0.25) is 0 Å². The molecule has 0 aliphatic carbocycles. The minimum Gasteiger partial charge on any atom is -0.462 e. The first-order chi connectivity index (χ1) is 10.1. The highest BCUT2D eigenvalue weighted by atomic mass is 16.5. The predicted octanol–water partition coefficient (Wildman–Crippen LogP) is 3.66. The second-order valence-corrected chi connectivity index (χ2v) is 4.19. The van der Waals surface area contributed by atoms with E-state index in [1.54, 1.807) is 26.0 Å². The zero-order valence-corrected chi connectivity index (χ0v) is 11.8. The van der Waals surface area contributed by atoms with Gasteiger partial charge in [-0.15, -0.1) is 5.11 Å². The molecule has 1 aromatic carbocycles. The van der Waals surface area contributed by atoms with Crippen molar-refractivity contribution in [3.63, 3.8) is 0 Å². The molecule has 2 aromatic rings. The maximum absolute atomic E-state index is 11.7. The topological polar surface area (TPSA) is 88.0 Å². The average molecular weight is 285 g/mol. The Morgan fingerprint density at radius 2 is 2.00 bits per heavy atom. The molecular formula is C15H15N3O3. The highest BCUT2D eigenvalue weighted by molar-refractivity contribution is 5.89. The van der Waals surface area contributed by atoms with Gasteiger partial charge in [-0.2, -0.15) is 5.11 Å². The van der Waals surface area contributed by atoms with E-state index in [0.29, 0.717) is 17.1 Å². The second kappa shape index (κ2) is 6.60. The van der Waals surface area contributed by atoms with Crippen LogP contribution in [0.3, 0.4) is 0 Å². The maximum Gasteiger partial charge on any atom is 0.343 e. The molecule has 2 rings (SSSR count). The summed E-state index contributed by atoms with van der Waals surface area (Å²) in [4.78, 5) is 11.7. The highest BCUT2D eigenvalue weighted by Crippen LogP contribution is 2.21.